The number of rotatable bonds is 33. The molecule has 0 aromatic heterocycles. The molecule has 0 aromatic rings. The molecule has 0 N–H and O–H groups in total. The summed E-state index contributed by atoms with van der Waals surface area (Å²) in [5.74, 6) is -0.295. The summed E-state index contributed by atoms with van der Waals surface area (Å²) in [5, 5.41) is 0. The Morgan fingerprint density at radius 2 is 0.796 bits per heavy atom. The predicted molar refractivity (Wildman–Crippen MR) is 212 cm³/mol. The number of quaternary nitrogens is 1. The van der Waals surface area contributed by atoms with Crippen molar-refractivity contribution in [3.8, 4) is 0 Å². The Morgan fingerprint density at radius 1 is 0.469 bits per heavy atom. The molecular weight excluding hydrogens is 622 g/mol. The van der Waals surface area contributed by atoms with Gasteiger partial charge in [-0.3, -0.25) is 0 Å². The summed E-state index contributed by atoms with van der Waals surface area (Å²) in [7, 11) is 7.00. The van der Waals surface area contributed by atoms with Crippen LogP contribution in [0.3, 0.4) is 0 Å². The van der Waals surface area contributed by atoms with Gasteiger partial charge in [-0.25, -0.2) is 0 Å². The van der Waals surface area contributed by atoms with E-state index < -0.39 is 0 Å². The van der Waals surface area contributed by atoms with Crippen molar-refractivity contribution in [1.82, 2.24) is 0 Å². The fourth-order valence-corrected chi connectivity index (χ4v) is 8.08. The lowest BCUT2D eigenvalue weighted by atomic mass is 9.98. The molecule has 2 fully saturated rings. The van der Waals surface area contributed by atoms with Crippen LogP contribution in [-0.2, 0) is 9.47 Å². The minimum atomic E-state index is -0.295. The Hall–Kier alpha value is -0.350. The van der Waals surface area contributed by atoms with Crippen molar-refractivity contribution < 1.29 is 26.4 Å². The van der Waals surface area contributed by atoms with Gasteiger partial charge < -0.3 is 26.4 Å². The number of nitrogens with zero attached hydrogens (tertiary/aromatic N) is 1. The number of halogens is 1. The van der Waals surface area contributed by atoms with Crippen LogP contribution < -0.4 is 12.4 Å². The Bertz CT molecular complexity index is 775. The molecule has 2 rings (SSSR count). The van der Waals surface area contributed by atoms with Gasteiger partial charge >= 0.3 is 0 Å². The molecule has 0 aromatic carbocycles. The zero-order chi connectivity index (χ0) is 34.6. The molecule has 1 heterocycles. The first-order valence-corrected chi connectivity index (χ1v) is 21.9. The van der Waals surface area contributed by atoms with Gasteiger partial charge in [0.25, 0.3) is 0 Å². The second-order valence-electron chi connectivity index (χ2n) is 16.9. The number of hydrogen-bond acceptors (Lipinski definition) is 2. The van der Waals surface area contributed by atoms with Crippen LogP contribution in [-0.4, -0.2) is 49.7 Å². The molecule has 290 valence electrons. The molecular formula is C45H86ClNO2. The topological polar surface area (TPSA) is 18.5 Å². The van der Waals surface area contributed by atoms with Gasteiger partial charge in [0.15, 0.2) is 5.79 Å². The molecule has 0 radical (unpaired) electrons. The first kappa shape index (κ1) is 46.7. The number of ether oxygens (including phenoxy) is 2. The third kappa shape index (κ3) is 23.0. The molecule has 1 aliphatic heterocycles. The van der Waals surface area contributed by atoms with E-state index in [1.807, 2.05) is 0 Å². The lowest BCUT2D eigenvalue weighted by molar-refractivity contribution is -0.895. The van der Waals surface area contributed by atoms with E-state index in [0.717, 1.165) is 23.7 Å². The van der Waals surface area contributed by atoms with Crippen LogP contribution in [0, 0.1) is 0 Å². The first-order valence-electron chi connectivity index (χ1n) is 21.9. The molecule has 1 saturated heterocycles. The van der Waals surface area contributed by atoms with Crippen LogP contribution in [0.4, 0.5) is 0 Å². The van der Waals surface area contributed by atoms with Gasteiger partial charge in [-0.15, -0.1) is 0 Å². The zero-order valence-corrected chi connectivity index (χ0v) is 34.6. The van der Waals surface area contributed by atoms with Crippen LogP contribution >= 0.6 is 0 Å². The third-order valence-corrected chi connectivity index (χ3v) is 11.4. The molecule has 1 aliphatic carbocycles. The average molecular weight is 709 g/mol. The molecule has 0 amide bonds. The van der Waals surface area contributed by atoms with Crippen molar-refractivity contribution in [3.05, 3.63) is 24.3 Å². The highest BCUT2D eigenvalue weighted by Gasteiger charge is 2.53. The van der Waals surface area contributed by atoms with Crippen molar-refractivity contribution in [2.45, 2.75) is 243 Å². The smallest absolute Gasteiger partial charge is 0.169 e. The summed E-state index contributed by atoms with van der Waals surface area (Å²) < 4.78 is 14.8. The highest BCUT2D eigenvalue weighted by molar-refractivity contribution is 4.95. The van der Waals surface area contributed by atoms with Crippen molar-refractivity contribution in [2.24, 2.45) is 0 Å². The summed E-state index contributed by atoms with van der Waals surface area (Å²) >= 11 is 0. The fourth-order valence-electron chi connectivity index (χ4n) is 8.08. The van der Waals surface area contributed by atoms with Gasteiger partial charge in [0.05, 0.1) is 39.4 Å². The van der Waals surface area contributed by atoms with Crippen LogP contribution in [0.1, 0.15) is 219 Å². The largest absolute Gasteiger partial charge is 1.00 e. The normalized spacial score (nSPS) is 22.4. The maximum absolute atomic E-state index is 6.90. The summed E-state index contributed by atoms with van der Waals surface area (Å²) in [6, 6.07) is 0.662. The van der Waals surface area contributed by atoms with Crippen molar-refractivity contribution in [3.63, 3.8) is 0 Å². The van der Waals surface area contributed by atoms with Gasteiger partial charge in [0.2, 0.25) is 0 Å². The molecule has 2 unspecified atom stereocenters. The van der Waals surface area contributed by atoms with Crippen LogP contribution in [0.15, 0.2) is 24.3 Å². The second-order valence-corrected chi connectivity index (χ2v) is 16.9. The molecule has 4 atom stereocenters. The second kappa shape index (κ2) is 30.1. The van der Waals surface area contributed by atoms with Crippen LogP contribution in [0.25, 0.3) is 0 Å². The van der Waals surface area contributed by atoms with Gasteiger partial charge in [-0.2, -0.15) is 0 Å². The number of hydrogen-bond donors (Lipinski definition) is 0. The summed E-state index contributed by atoms with van der Waals surface area (Å²) in [5.41, 5.74) is 0. The molecule has 2 aliphatic rings. The van der Waals surface area contributed by atoms with E-state index in [9.17, 15) is 0 Å². The van der Waals surface area contributed by atoms with E-state index in [4.69, 9.17) is 9.47 Å². The van der Waals surface area contributed by atoms with Crippen LogP contribution in [0.5, 0.6) is 0 Å². The quantitative estimate of drug-likeness (QED) is 0.0384. The SMILES string of the molecule is CCCCC/C=C\C/C=C\CCCCCCCCC1(CCCCCCCCCCCCCCCCCC)O[C@H]2CC([N+](C)(C)C)C[C@H]2O1.[Cl-]. The van der Waals surface area contributed by atoms with Gasteiger partial charge in [0.1, 0.15) is 0 Å². The van der Waals surface area contributed by atoms with E-state index in [0.29, 0.717) is 18.2 Å². The molecule has 1 saturated carbocycles. The minimum Gasteiger partial charge on any atom is -1.00 e. The van der Waals surface area contributed by atoms with E-state index >= 15 is 0 Å². The van der Waals surface area contributed by atoms with Gasteiger partial charge in [-0.05, 0) is 44.9 Å². The summed E-state index contributed by atoms with van der Waals surface area (Å²) in [4.78, 5) is 0. The molecule has 0 spiro atoms. The highest BCUT2D eigenvalue weighted by Crippen LogP contribution is 2.45. The van der Waals surface area contributed by atoms with E-state index in [1.165, 1.54) is 186 Å². The zero-order valence-electron chi connectivity index (χ0n) is 33.8. The molecule has 3 nitrogen and oxygen atoms in total. The van der Waals surface area contributed by atoms with E-state index in [2.05, 4.69) is 59.3 Å². The van der Waals surface area contributed by atoms with E-state index in [1.54, 1.807) is 0 Å². The van der Waals surface area contributed by atoms with Crippen molar-refractivity contribution in [2.75, 3.05) is 21.1 Å². The lowest BCUT2D eigenvalue weighted by Gasteiger charge is -2.34. The fraction of sp³-hybridized carbons (Fsp3) is 0.911. The van der Waals surface area contributed by atoms with Gasteiger partial charge in [-0.1, -0.05) is 173 Å². The molecule has 49 heavy (non-hydrogen) atoms. The van der Waals surface area contributed by atoms with Crippen molar-refractivity contribution >= 4 is 0 Å². The average Bonchev–Trinajstić information content (AvgIpc) is 3.61. The highest BCUT2D eigenvalue weighted by atomic mass is 35.5. The third-order valence-electron chi connectivity index (χ3n) is 11.4. The summed E-state index contributed by atoms with van der Waals surface area (Å²) in [6.07, 6.45) is 53.0. The number of unbranched alkanes of at least 4 members (excludes halogenated alkanes) is 24. The Labute approximate surface area is 314 Å². The van der Waals surface area contributed by atoms with Crippen LogP contribution in [0.2, 0.25) is 0 Å². The van der Waals surface area contributed by atoms with E-state index in [-0.39, 0.29) is 18.2 Å². The Morgan fingerprint density at radius 3 is 1.18 bits per heavy atom. The van der Waals surface area contributed by atoms with Crippen molar-refractivity contribution in [1.29, 1.82) is 0 Å². The minimum absolute atomic E-state index is 0. The standard InChI is InChI=1S/C45H86NO2.ClH/c1-6-8-10-12-14-16-18-20-22-24-26-28-30-32-34-36-38-45(47-43-40-42(46(3,4)5)41-44(43)48-45)39-37-35-33-31-29-27-25-23-21-19-17-15-13-11-9-7-2;/h14,16,20,22,42-44H,6-13,15,17-19,21,23-41H2,1-5H3;1H/q+1;/p-1/b16-14-,22-20-;/t42?,43-,44+,45?;. The lowest BCUT2D eigenvalue weighted by Crippen LogP contribution is -3.00. The maximum Gasteiger partial charge on any atom is 0.169 e. The number of fused-ring (bicyclic) bond motifs is 1. The Balaban J connectivity index is 0.0000120. The maximum atomic E-state index is 6.90. The number of allylic oxidation sites excluding steroid dienone is 4. The molecule has 4 heteroatoms. The summed E-state index contributed by atoms with van der Waals surface area (Å²) in [6.45, 7) is 4.58. The first-order chi connectivity index (χ1) is 23.4. The Kier molecular flexibility index (Phi) is 28.7. The van der Waals surface area contributed by atoms with Gasteiger partial charge in [0, 0.05) is 25.7 Å². The molecule has 0 bridgehead atoms. The predicted octanol–water partition coefficient (Wildman–Crippen LogP) is 11.2. The monoisotopic (exact) mass is 708 g/mol.